The van der Waals surface area contributed by atoms with Gasteiger partial charge in [0.25, 0.3) is 11.8 Å². The standard InChI is InChI=1S/C14H22N2O5/c1-4-5-6-7-8-10(14(18)19)16(2)13(17)11-9-12(20-3)15-21-11/h9-10H,4-8H2,1-3H3,(H,18,19). The minimum absolute atomic E-state index is 0.0332. The number of amides is 1. The zero-order chi connectivity index (χ0) is 15.8. The summed E-state index contributed by atoms with van der Waals surface area (Å²) in [5.41, 5.74) is 0. The second-order valence-electron chi connectivity index (χ2n) is 4.85. The smallest absolute Gasteiger partial charge is 0.326 e. The van der Waals surface area contributed by atoms with Gasteiger partial charge < -0.3 is 19.3 Å². The van der Waals surface area contributed by atoms with Gasteiger partial charge in [-0.3, -0.25) is 4.79 Å². The van der Waals surface area contributed by atoms with Gasteiger partial charge in [-0.2, -0.15) is 0 Å². The molecule has 1 aromatic rings. The Morgan fingerprint density at radius 3 is 2.67 bits per heavy atom. The van der Waals surface area contributed by atoms with Crippen LogP contribution in [0.4, 0.5) is 0 Å². The topological polar surface area (TPSA) is 92.9 Å². The molecule has 7 heteroatoms. The van der Waals surface area contributed by atoms with Crippen LogP contribution >= 0.6 is 0 Å². The number of carboxylic acids is 1. The van der Waals surface area contributed by atoms with Gasteiger partial charge in [-0.1, -0.05) is 32.6 Å². The summed E-state index contributed by atoms with van der Waals surface area (Å²) in [4.78, 5) is 24.7. The van der Waals surface area contributed by atoms with Gasteiger partial charge >= 0.3 is 5.97 Å². The van der Waals surface area contributed by atoms with Crippen molar-refractivity contribution in [1.82, 2.24) is 10.1 Å². The average Bonchev–Trinajstić information content (AvgIpc) is 2.94. The third-order valence-electron chi connectivity index (χ3n) is 3.31. The van der Waals surface area contributed by atoms with Gasteiger partial charge in [0.05, 0.1) is 13.2 Å². The zero-order valence-corrected chi connectivity index (χ0v) is 12.7. The minimum atomic E-state index is -1.02. The fourth-order valence-electron chi connectivity index (χ4n) is 2.02. The van der Waals surface area contributed by atoms with Crippen LogP contribution in [0.15, 0.2) is 10.6 Å². The molecule has 0 bridgehead atoms. The van der Waals surface area contributed by atoms with Crippen LogP contribution in [0.3, 0.4) is 0 Å². The summed E-state index contributed by atoms with van der Waals surface area (Å²) in [7, 11) is 2.86. The van der Waals surface area contributed by atoms with Crippen LogP contribution < -0.4 is 4.74 Å². The maximum Gasteiger partial charge on any atom is 0.326 e. The SMILES string of the molecule is CCCCCCC(C(=O)O)N(C)C(=O)c1cc(OC)no1. The molecule has 118 valence electrons. The summed E-state index contributed by atoms with van der Waals surface area (Å²) in [5.74, 6) is -1.39. The molecule has 0 aromatic carbocycles. The highest BCUT2D eigenvalue weighted by molar-refractivity contribution is 5.94. The van der Waals surface area contributed by atoms with Gasteiger partial charge in [0, 0.05) is 7.05 Å². The summed E-state index contributed by atoms with van der Waals surface area (Å²) in [6.45, 7) is 2.08. The first-order chi connectivity index (χ1) is 10.0. The number of methoxy groups -OCH3 is 1. The number of unbranched alkanes of at least 4 members (excludes halogenated alkanes) is 3. The molecule has 7 nitrogen and oxygen atoms in total. The van der Waals surface area contributed by atoms with Gasteiger partial charge in [-0.05, 0) is 11.6 Å². The van der Waals surface area contributed by atoms with E-state index >= 15 is 0 Å². The molecule has 0 saturated carbocycles. The summed E-state index contributed by atoms with van der Waals surface area (Å²) in [5, 5.41) is 12.8. The molecule has 0 fully saturated rings. The molecular weight excluding hydrogens is 276 g/mol. The lowest BCUT2D eigenvalue weighted by Crippen LogP contribution is -2.42. The van der Waals surface area contributed by atoms with E-state index in [1.165, 1.54) is 25.1 Å². The van der Waals surface area contributed by atoms with Crippen molar-refractivity contribution < 1.29 is 24.0 Å². The quantitative estimate of drug-likeness (QED) is 0.702. The van der Waals surface area contributed by atoms with Gasteiger partial charge in [-0.25, -0.2) is 4.79 Å². The number of carbonyl (C=O) groups is 2. The number of aliphatic carboxylic acids is 1. The molecule has 21 heavy (non-hydrogen) atoms. The van der Waals surface area contributed by atoms with Crippen LogP contribution in [0.5, 0.6) is 5.88 Å². The minimum Gasteiger partial charge on any atom is -0.480 e. The van der Waals surface area contributed by atoms with E-state index in [0.29, 0.717) is 6.42 Å². The van der Waals surface area contributed by atoms with Gasteiger partial charge in [0.15, 0.2) is 0 Å². The van der Waals surface area contributed by atoms with Crippen LogP contribution in [0.25, 0.3) is 0 Å². The largest absolute Gasteiger partial charge is 0.480 e. The molecule has 1 N–H and O–H groups in total. The fourth-order valence-corrected chi connectivity index (χ4v) is 2.02. The van der Waals surface area contributed by atoms with E-state index < -0.39 is 17.9 Å². The third kappa shape index (κ3) is 4.77. The number of hydrogen-bond donors (Lipinski definition) is 1. The van der Waals surface area contributed by atoms with Gasteiger partial charge in [-0.15, -0.1) is 0 Å². The molecule has 1 rings (SSSR count). The first kappa shape index (κ1) is 17.0. The summed E-state index contributed by atoms with van der Waals surface area (Å²) < 4.78 is 9.68. The number of aromatic nitrogens is 1. The Labute approximate surface area is 123 Å². The van der Waals surface area contributed by atoms with Crippen molar-refractivity contribution in [1.29, 1.82) is 0 Å². The fraction of sp³-hybridized carbons (Fsp3) is 0.643. The molecule has 1 atom stereocenters. The first-order valence-corrected chi connectivity index (χ1v) is 7.01. The molecule has 0 aliphatic carbocycles. The Bertz CT molecular complexity index is 472. The molecule has 0 aliphatic rings. The molecule has 1 amide bonds. The number of hydrogen-bond acceptors (Lipinski definition) is 5. The molecule has 0 saturated heterocycles. The van der Waals surface area contributed by atoms with E-state index in [4.69, 9.17) is 9.26 Å². The second kappa shape index (κ2) is 8.28. The Morgan fingerprint density at radius 2 is 2.14 bits per heavy atom. The Morgan fingerprint density at radius 1 is 1.43 bits per heavy atom. The van der Waals surface area contributed by atoms with E-state index in [1.54, 1.807) is 0 Å². The van der Waals surface area contributed by atoms with Crippen LogP contribution in [-0.4, -0.2) is 47.2 Å². The highest BCUT2D eigenvalue weighted by atomic mass is 16.5. The van der Waals surface area contributed by atoms with Crippen molar-refractivity contribution in [3.8, 4) is 5.88 Å². The number of ether oxygens (including phenoxy) is 1. The highest BCUT2D eigenvalue weighted by Crippen LogP contribution is 2.16. The molecular formula is C14H22N2O5. The van der Waals surface area contributed by atoms with E-state index in [0.717, 1.165) is 25.7 Å². The van der Waals surface area contributed by atoms with Crippen LogP contribution in [0.1, 0.15) is 49.6 Å². The van der Waals surface area contributed by atoms with E-state index in [-0.39, 0.29) is 11.6 Å². The predicted octanol–water partition coefficient (Wildman–Crippen LogP) is 2.18. The predicted molar refractivity (Wildman–Crippen MR) is 75.3 cm³/mol. The van der Waals surface area contributed by atoms with Gasteiger partial charge in [0.1, 0.15) is 6.04 Å². The number of rotatable bonds is 9. The average molecular weight is 298 g/mol. The number of nitrogens with zero attached hydrogens (tertiary/aromatic N) is 2. The van der Waals surface area contributed by atoms with Gasteiger partial charge in [0.2, 0.25) is 5.76 Å². The van der Waals surface area contributed by atoms with Crippen molar-refractivity contribution in [2.75, 3.05) is 14.2 Å². The van der Waals surface area contributed by atoms with Crippen molar-refractivity contribution in [2.24, 2.45) is 0 Å². The monoisotopic (exact) mass is 298 g/mol. The Balaban J connectivity index is 2.68. The lowest BCUT2D eigenvalue weighted by molar-refractivity contribution is -0.142. The number of likely N-dealkylation sites (N-methyl/N-ethyl adjacent to an activating group) is 1. The van der Waals surface area contributed by atoms with E-state index in [9.17, 15) is 14.7 Å². The number of carbonyl (C=O) groups excluding carboxylic acids is 1. The zero-order valence-electron chi connectivity index (χ0n) is 12.7. The van der Waals surface area contributed by atoms with Crippen molar-refractivity contribution >= 4 is 11.9 Å². The normalized spacial score (nSPS) is 12.0. The third-order valence-corrected chi connectivity index (χ3v) is 3.31. The highest BCUT2D eigenvalue weighted by Gasteiger charge is 2.29. The maximum atomic E-state index is 12.2. The molecule has 0 spiro atoms. The lowest BCUT2D eigenvalue weighted by atomic mass is 10.1. The molecule has 0 radical (unpaired) electrons. The Kier molecular flexibility index (Phi) is 6.71. The second-order valence-corrected chi connectivity index (χ2v) is 4.85. The summed E-state index contributed by atoms with van der Waals surface area (Å²) in [6.07, 6.45) is 4.27. The number of carboxylic acid groups (broad SMARTS) is 1. The first-order valence-electron chi connectivity index (χ1n) is 7.01. The van der Waals surface area contributed by atoms with E-state index in [1.807, 2.05) is 0 Å². The lowest BCUT2D eigenvalue weighted by Gasteiger charge is -2.23. The molecule has 1 heterocycles. The Hall–Kier alpha value is -2.05. The van der Waals surface area contributed by atoms with E-state index in [2.05, 4.69) is 12.1 Å². The maximum absolute atomic E-state index is 12.2. The van der Waals surface area contributed by atoms with Crippen molar-refractivity contribution in [3.63, 3.8) is 0 Å². The molecule has 1 unspecified atom stereocenters. The van der Waals surface area contributed by atoms with Crippen LogP contribution in [0, 0.1) is 0 Å². The molecule has 1 aromatic heterocycles. The van der Waals surface area contributed by atoms with Crippen LogP contribution in [-0.2, 0) is 4.79 Å². The van der Waals surface area contributed by atoms with Crippen molar-refractivity contribution in [3.05, 3.63) is 11.8 Å². The molecule has 0 aliphatic heterocycles. The van der Waals surface area contributed by atoms with Crippen LogP contribution in [0.2, 0.25) is 0 Å². The summed E-state index contributed by atoms with van der Waals surface area (Å²) in [6, 6.07) is 0.472. The summed E-state index contributed by atoms with van der Waals surface area (Å²) >= 11 is 0. The van der Waals surface area contributed by atoms with Crippen molar-refractivity contribution in [2.45, 2.75) is 45.1 Å².